The van der Waals surface area contributed by atoms with E-state index in [2.05, 4.69) is 10.6 Å². The first kappa shape index (κ1) is 22.2. The second-order valence-corrected chi connectivity index (χ2v) is 7.26. The largest absolute Gasteiger partial charge is 0.497 e. The van der Waals surface area contributed by atoms with Crippen LogP contribution in [0.4, 0.5) is 0 Å². The van der Waals surface area contributed by atoms with Gasteiger partial charge in [-0.15, -0.1) is 0 Å². The average Bonchev–Trinajstić information content (AvgIpc) is 3.48. The van der Waals surface area contributed by atoms with Gasteiger partial charge in [-0.25, -0.2) is 4.99 Å². The smallest absolute Gasteiger partial charge is 0.191 e. The topological polar surface area (TPSA) is 77.2 Å². The minimum atomic E-state index is 0.280. The Bertz CT molecular complexity index is 725. The Morgan fingerprint density at radius 1 is 1.17 bits per heavy atom. The molecule has 3 rings (SSSR count). The molecule has 2 aromatic rings. The Balaban J connectivity index is 1.41. The summed E-state index contributed by atoms with van der Waals surface area (Å²) in [5.74, 6) is 2.59. The fraction of sp³-hybridized carbons (Fsp3) is 0.522. The Morgan fingerprint density at radius 3 is 2.77 bits per heavy atom. The summed E-state index contributed by atoms with van der Waals surface area (Å²) in [5, 5.41) is 6.77. The predicted molar refractivity (Wildman–Crippen MR) is 117 cm³/mol. The first-order valence-electron chi connectivity index (χ1n) is 10.7. The first-order valence-corrected chi connectivity index (χ1v) is 10.7. The number of nitrogens with zero attached hydrogens (tertiary/aromatic N) is 1. The molecular weight excluding hydrogens is 382 g/mol. The van der Waals surface area contributed by atoms with E-state index in [1.54, 1.807) is 13.4 Å². The van der Waals surface area contributed by atoms with Gasteiger partial charge >= 0.3 is 0 Å². The van der Waals surface area contributed by atoms with E-state index in [1.807, 2.05) is 36.4 Å². The molecule has 0 amide bonds. The lowest BCUT2D eigenvalue weighted by molar-refractivity contribution is 0.0168. The van der Waals surface area contributed by atoms with Crippen LogP contribution in [0.1, 0.15) is 30.6 Å². The molecule has 1 aromatic heterocycles. The van der Waals surface area contributed by atoms with Crippen LogP contribution in [-0.4, -0.2) is 52.1 Å². The second kappa shape index (κ2) is 12.9. The zero-order valence-electron chi connectivity index (χ0n) is 17.8. The molecule has 7 heteroatoms. The van der Waals surface area contributed by atoms with E-state index in [1.165, 1.54) is 0 Å². The van der Waals surface area contributed by atoms with Crippen LogP contribution in [0, 0.1) is 0 Å². The SMILES string of the molecule is COc1ccc(CN=C(NCCCOCC2CCCO2)NCCc2ccco2)cc1. The van der Waals surface area contributed by atoms with Crippen molar-refractivity contribution in [2.45, 2.75) is 38.3 Å². The monoisotopic (exact) mass is 415 g/mol. The summed E-state index contributed by atoms with van der Waals surface area (Å²) in [6.07, 6.45) is 5.95. The van der Waals surface area contributed by atoms with Gasteiger partial charge in [-0.05, 0) is 49.1 Å². The molecule has 7 nitrogen and oxygen atoms in total. The molecule has 164 valence electrons. The number of guanidine groups is 1. The lowest BCUT2D eigenvalue weighted by atomic mass is 10.2. The van der Waals surface area contributed by atoms with Crippen molar-refractivity contribution >= 4 is 5.96 Å². The van der Waals surface area contributed by atoms with Gasteiger partial charge in [0.05, 0.1) is 32.6 Å². The van der Waals surface area contributed by atoms with Gasteiger partial charge in [-0.2, -0.15) is 0 Å². The number of methoxy groups -OCH3 is 1. The summed E-state index contributed by atoms with van der Waals surface area (Å²) in [7, 11) is 1.67. The molecule has 1 fully saturated rings. The predicted octanol–water partition coefficient (Wildman–Crippen LogP) is 3.15. The normalized spacial score (nSPS) is 16.6. The number of hydrogen-bond acceptors (Lipinski definition) is 5. The maximum atomic E-state index is 5.73. The van der Waals surface area contributed by atoms with Crippen molar-refractivity contribution in [2.24, 2.45) is 4.99 Å². The molecule has 0 spiro atoms. The Hall–Kier alpha value is -2.51. The quantitative estimate of drug-likeness (QED) is 0.315. The highest BCUT2D eigenvalue weighted by atomic mass is 16.5. The Kier molecular flexibility index (Phi) is 9.56. The van der Waals surface area contributed by atoms with E-state index in [0.29, 0.717) is 19.8 Å². The highest BCUT2D eigenvalue weighted by Crippen LogP contribution is 2.12. The highest BCUT2D eigenvalue weighted by molar-refractivity contribution is 5.79. The standard InChI is InChI=1S/C23H33N3O4/c1-27-20-9-7-19(8-10-20)17-26-23(25-13-11-21-5-2-15-29-21)24-12-4-14-28-18-22-6-3-16-30-22/h2,5,7-10,15,22H,3-4,6,11-14,16-18H2,1H3,(H2,24,25,26). The van der Waals surface area contributed by atoms with Gasteiger partial charge in [0, 0.05) is 32.7 Å². The van der Waals surface area contributed by atoms with Gasteiger partial charge < -0.3 is 29.3 Å². The summed E-state index contributed by atoms with van der Waals surface area (Å²) in [6, 6.07) is 11.8. The fourth-order valence-electron chi connectivity index (χ4n) is 3.21. The summed E-state index contributed by atoms with van der Waals surface area (Å²) in [5.41, 5.74) is 1.13. The molecule has 1 saturated heterocycles. The lowest BCUT2D eigenvalue weighted by Gasteiger charge is -2.13. The van der Waals surface area contributed by atoms with Crippen molar-refractivity contribution in [3.8, 4) is 5.75 Å². The Morgan fingerprint density at radius 2 is 2.03 bits per heavy atom. The third-order valence-corrected chi connectivity index (χ3v) is 4.91. The van der Waals surface area contributed by atoms with Crippen LogP contribution in [0.2, 0.25) is 0 Å². The number of nitrogens with one attached hydrogen (secondary N) is 2. The molecule has 0 bridgehead atoms. The lowest BCUT2D eigenvalue weighted by Crippen LogP contribution is -2.39. The number of hydrogen-bond donors (Lipinski definition) is 2. The number of rotatable bonds is 12. The fourth-order valence-corrected chi connectivity index (χ4v) is 3.21. The number of benzene rings is 1. The van der Waals surface area contributed by atoms with Crippen molar-refractivity contribution in [1.82, 2.24) is 10.6 Å². The zero-order chi connectivity index (χ0) is 20.9. The van der Waals surface area contributed by atoms with E-state index < -0.39 is 0 Å². The zero-order valence-corrected chi connectivity index (χ0v) is 17.8. The third-order valence-electron chi connectivity index (χ3n) is 4.91. The first-order chi connectivity index (χ1) is 14.8. The van der Waals surface area contributed by atoms with E-state index in [9.17, 15) is 0 Å². The Labute approximate surface area is 178 Å². The summed E-state index contributed by atoms with van der Waals surface area (Å²) in [4.78, 5) is 4.71. The minimum Gasteiger partial charge on any atom is -0.497 e. The average molecular weight is 416 g/mol. The van der Waals surface area contributed by atoms with Gasteiger partial charge in [-0.3, -0.25) is 0 Å². The third kappa shape index (κ3) is 8.08. The summed E-state index contributed by atoms with van der Waals surface area (Å²) < 4.78 is 21.9. The second-order valence-electron chi connectivity index (χ2n) is 7.26. The van der Waals surface area contributed by atoms with Gasteiger partial charge in [0.2, 0.25) is 0 Å². The molecule has 0 saturated carbocycles. The van der Waals surface area contributed by atoms with Gasteiger partial charge in [0.1, 0.15) is 11.5 Å². The van der Waals surface area contributed by atoms with Gasteiger partial charge in [0.25, 0.3) is 0 Å². The molecule has 1 atom stereocenters. The maximum Gasteiger partial charge on any atom is 0.191 e. The van der Waals surface area contributed by atoms with Crippen LogP contribution < -0.4 is 15.4 Å². The van der Waals surface area contributed by atoms with Crippen LogP contribution in [0.25, 0.3) is 0 Å². The molecule has 30 heavy (non-hydrogen) atoms. The van der Waals surface area contributed by atoms with Crippen molar-refractivity contribution in [2.75, 3.05) is 40.0 Å². The number of furan rings is 1. The van der Waals surface area contributed by atoms with E-state index in [-0.39, 0.29) is 6.10 Å². The highest BCUT2D eigenvalue weighted by Gasteiger charge is 2.14. The summed E-state index contributed by atoms with van der Waals surface area (Å²) in [6.45, 7) is 4.41. The molecule has 1 unspecified atom stereocenters. The molecular formula is C23H33N3O4. The maximum absolute atomic E-state index is 5.73. The van der Waals surface area contributed by atoms with Crippen LogP contribution in [0.15, 0.2) is 52.1 Å². The van der Waals surface area contributed by atoms with E-state index in [0.717, 1.165) is 68.4 Å². The molecule has 1 aliphatic heterocycles. The molecule has 1 aromatic carbocycles. The van der Waals surface area contributed by atoms with E-state index >= 15 is 0 Å². The summed E-state index contributed by atoms with van der Waals surface area (Å²) >= 11 is 0. The van der Waals surface area contributed by atoms with Crippen molar-refractivity contribution in [3.05, 3.63) is 54.0 Å². The molecule has 0 aliphatic carbocycles. The van der Waals surface area contributed by atoms with Gasteiger partial charge in [-0.1, -0.05) is 12.1 Å². The van der Waals surface area contributed by atoms with Gasteiger partial charge in [0.15, 0.2) is 5.96 Å². The number of ether oxygens (including phenoxy) is 3. The van der Waals surface area contributed by atoms with Crippen LogP contribution in [0.5, 0.6) is 5.75 Å². The molecule has 2 heterocycles. The number of aliphatic imine (C=N–C) groups is 1. The van der Waals surface area contributed by atoms with Crippen molar-refractivity contribution < 1.29 is 18.6 Å². The molecule has 2 N–H and O–H groups in total. The van der Waals surface area contributed by atoms with Crippen molar-refractivity contribution in [3.63, 3.8) is 0 Å². The van der Waals surface area contributed by atoms with Crippen LogP contribution in [-0.2, 0) is 22.4 Å². The molecule has 0 radical (unpaired) electrons. The van der Waals surface area contributed by atoms with Crippen LogP contribution in [0.3, 0.4) is 0 Å². The van der Waals surface area contributed by atoms with Crippen LogP contribution >= 0.6 is 0 Å². The minimum absolute atomic E-state index is 0.280. The molecule has 1 aliphatic rings. The van der Waals surface area contributed by atoms with Crippen molar-refractivity contribution in [1.29, 1.82) is 0 Å². The van der Waals surface area contributed by atoms with E-state index in [4.69, 9.17) is 23.6 Å².